The van der Waals surface area contributed by atoms with E-state index in [0.29, 0.717) is 0 Å². The largest absolute Gasteiger partial charge is 0.482 e. The second-order valence-corrected chi connectivity index (χ2v) is 3.65. The smallest absolute Gasteiger partial charge is 0.264 e. The molecule has 0 fully saturated rings. The summed E-state index contributed by atoms with van der Waals surface area (Å²) in [4.78, 5) is 13.0. The topological polar surface area (TPSA) is 29.5 Å². The number of aryl methyl sites for hydroxylation is 2. The van der Waals surface area contributed by atoms with Gasteiger partial charge in [0.2, 0.25) is 0 Å². The number of likely N-dealkylation sites (N-methyl/N-ethyl adjacent to an activating group) is 1. The summed E-state index contributed by atoms with van der Waals surface area (Å²) in [5.41, 5.74) is 3.23. The summed E-state index contributed by atoms with van der Waals surface area (Å²) in [5, 5.41) is 0. The van der Waals surface area contributed by atoms with E-state index in [1.54, 1.807) is 11.9 Å². The molecule has 3 heteroatoms. The van der Waals surface area contributed by atoms with Gasteiger partial charge in [-0.1, -0.05) is 0 Å². The summed E-state index contributed by atoms with van der Waals surface area (Å²) in [5.74, 6) is 0.802. The van der Waals surface area contributed by atoms with Crippen LogP contribution in [0.15, 0.2) is 12.1 Å². The highest BCUT2D eigenvalue weighted by molar-refractivity contribution is 5.97. The summed E-state index contributed by atoms with van der Waals surface area (Å²) in [6.07, 6.45) is 0. The first-order valence-electron chi connectivity index (χ1n) is 4.60. The van der Waals surface area contributed by atoms with Crippen LogP contribution in [-0.4, -0.2) is 19.6 Å². The highest BCUT2D eigenvalue weighted by atomic mass is 16.5. The average Bonchev–Trinajstić information content (AvgIpc) is 2.15. The van der Waals surface area contributed by atoms with Crippen molar-refractivity contribution in [1.82, 2.24) is 0 Å². The third kappa shape index (κ3) is 1.25. The van der Waals surface area contributed by atoms with Crippen LogP contribution in [0.4, 0.5) is 5.69 Å². The van der Waals surface area contributed by atoms with Crippen molar-refractivity contribution in [2.45, 2.75) is 13.8 Å². The van der Waals surface area contributed by atoms with E-state index < -0.39 is 0 Å². The van der Waals surface area contributed by atoms with Gasteiger partial charge < -0.3 is 9.64 Å². The van der Waals surface area contributed by atoms with Crippen LogP contribution >= 0.6 is 0 Å². The average molecular weight is 191 g/mol. The van der Waals surface area contributed by atoms with Crippen molar-refractivity contribution in [3.63, 3.8) is 0 Å². The van der Waals surface area contributed by atoms with E-state index in [-0.39, 0.29) is 12.5 Å². The molecule has 14 heavy (non-hydrogen) atoms. The van der Waals surface area contributed by atoms with Gasteiger partial charge in [0.15, 0.2) is 6.61 Å². The lowest BCUT2D eigenvalue weighted by Crippen LogP contribution is -2.35. The van der Waals surface area contributed by atoms with Crippen LogP contribution in [-0.2, 0) is 4.79 Å². The molecule has 1 amide bonds. The number of carbonyl (C=O) groups excluding carboxylic acids is 1. The van der Waals surface area contributed by atoms with Crippen LogP contribution < -0.4 is 9.64 Å². The Morgan fingerprint density at radius 3 is 2.64 bits per heavy atom. The van der Waals surface area contributed by atoms with Gasteiger partial charge in [0.1, 0.15) is 5.75 Å². The molecule has 0 radical (unpaired) electrons. The third-order valence-electron chi connectivity index (χ3n) is 2.66. The lowest BCUT2D eigenvalue weighted by Gasteiger charge is -2.26. The number of benzene rings is 1. The van der Waals surface area contributed by atoms with Gasteiger partial charge in [0, 0.05) is 7.05 Å². The Labute approximate surface area is 83.3 Å². The quantitative estimate of drug-likeness (QED) is 0.624. The molecule has 0 aliphatic carbocycles. The molecule has 3 nitrogen and oxygen atoms in total. The second kappa shape index (κ2) is 3.01. The third-order valence-corrected chi connectivity index (χ3v) is 2.66. The predicted octanol–water partition coefficient (Wildman–Crippen LogP) is 1.66. The van der Waals surface area contributed by atoms with Gasteiger partial charge in [-0.2, -0.15) is 0 Å². The maximum Gasteiger partial charge on any atom is 0.264 e. The molecule has 74 valence electrons. The van der Waals surface area contributed by atoms with Gasteiger partial charge in [-0.05, 0) is 37.1 Å². The first-order valence-corrected chi connectivity index (χ1v) is 4.60. The first-order chi connectivity index (χ1) is 6.59. The van der Waals surface area contributed by atoms with Crippen molar-refractivity contribution in [2.75, 3.05) is 18.6 Å². The van der Waals surface area contributed by atoms with Crippen LogP contribution in [0.2, 0.25) is 0 Å². The van der Waals surface area contributed by atoms with E-state index in [2.05, 4.69) is 0 Å². The number of hydrogen-bond donors (Lipinski definition) is 0. The number of fused-ring (bicyclic) bond motifs is 1. The number of hydrogen-bond acceptors (Lipinski definition) is 2. The molecule has 0 saturated carbocycles. The van der Waals surface area contributed by atoms with Crippen LogP contribution in [0.25, 0.3) is 0 Å². The number of carbonyl (C=O) groups is 1. The van der Waals surface area contributed by atoms with Crippen molar-refractivity contribution >= 4 is 11.6 Å². The highest BCUT2D eigenvalue weighted by Crippen LogP contribution is 2.33. The standard InChI is InChI=1S/C11H13NO2/c1-7-4-9-10(5-8(7)2)14-6-11(13)12(9)3/h4-5H,6H2,1-3H3. The van der Waals surface area contributed by atoms with E-state index in [9.17, 15) is 4.79 Å². The normalized spacial score (nSPS) is 15.1. The van der Waals surface area contributed by atoms with Gasteiger partial charge in [-0.3, -0.25) is 4.79 Å². The van der Waals surface area contributed by atoms with Gasteiger partial charge in [-0.25, -0.2) is 0 Å². The van der Waals surface area contributed by atoms with Gasteiger partial charge in [0.05, 0.1) is 5.69 Å². The van der Waals surface area contributed by atoms with E-state index in [1.807, 2.05) is 26.0 Å². The van der Waals surface area contributed by atoms with Crippen molar-refractivity contribution in [3.8, 4) is 5.75 Å². The maximum atomic E-state index is 11.4. The first kappa shape index (κ1) is 9.06. The second-order valence-electron chi connectivity index (χ2n) is 3.65. The van der Waals surface area contributed by atoms with Gasteiger partial charge in [-0.15, -0.1) is 0 Å². The lowest BCUT2D eigenvalue weighted by atomic mass is 10.1. The Kier molecular flexibility index (Phi) is 1.95. The molecule has 1 aromatic rings. The molecule has 1 aromatic carbocycles. The predicted molar refractivity (Wildman–Crippen MR) is 54.8 cm³/mol. The number of ether oxygens (including phenoxy) is 1. The Bertz CT molecular complexity index is 399. The molecule has 1 aliphatic rings. The molecule has 1 heterocycles. The van der Waals surface area contributed by atoms with Crippen molar-refractivity contribution in [1.29, 1.82) is 0 Å². The minimum Gasteiger partial charge on any atom is -0.482 e. The molecule has 0 bridgehead atoms. The number of nitrogens with zero attached hydrogens (tertiary/aromatic N) is 1. The molecule has 0 aromatic heterocycles. The van der Waals surface area contributed by atoms with E-state index in [0.717, 1.165) is 11.4 Å². The van der Waals surface area contributed by atoms with E-state index >= 15 is 0 Å². The van der Waals surface area contributed by atoms with E-state index in [4.69, 9.17) is 4.74 Å². The molecule has 0 saturated heterocycles. The summed E-state index contributed by atoms with van der Waals surface area (Å²) in [7, 11) is 1.78. The van der Waals surface area contributed by atoms with Crippen molar-refractivity contribution < 1.29 is 9.53 Å². The van der Waals surface area contributed by atoms with Crippen LogP contribution in [0, 0.1) is 13.8 Å². The van der Waals surface area contributed by atoms with Crippen molar-refractivity contribution in [2.24, 2.45) is 0 Å². The molecule has 1 aliphatic heterocycles. The molecular weight excluding hydrogens is 178 g/mol. The minimum atomic E-state index is 0.000697. The number of amides is 1. The zero-order valence-corrected chi connectivity index (χ0v) is 8.63. The molecule has 0 N–H and O–H groups in total. The number of rotatable bonds is 0. The van der Waals surface area contributed by atoms with Gasteiger partial charge >= 0.3 is 0 Å². The number of anilines is 1. The Balaban J connectivity index is 2.55. The highest BCUT2D eigenvalue weighted by Gasteiger charge is 2.22. The summed E-state index contributed by atoms with van der Waals surface area (Å²) in [6, 6.07) is 3.97. The summed E-state index contributed by atoms with van der Waals surface area (Å²) in [6.45, 7) is 4.21. The molecule has 2 rings (SSSR count). The molecular formula is C11H13NO2. The Morgan fingerprint density at radius 2 is 1.93 bits per heavy atom. The lowest BCUT2D eigenvalue weighted by molar-refractivity contribution is -0.120. The zero-order chi connectivity index (χ0) is 10.3. The fraction of sp³-hybridized carbons (Fsp3) is 0.364. The molecule has 0 spiro atoms. The fourth-order valence-electron chi connectivity index (χ4n) is 1.52. The fourth-order valence-corrected chi connectivity index (χ4v) is 1.52. The Hall–Kier alpha value is -1.51. The molecule has 0 atom stereocenters. The summed E-state index contributed by atoms with van der Waals surface area (Å²) >= 11 is 0. The Morgan fingerprint density at radius 1 is 1.29 bits per heavy atom. The van der Waals surface area contributed by atoms with Crippen LogP contribution in [0.3, 0.4) is 0 Å². The zero-order valence-electron chi connectivity index (χ0n) is 8.63. The SMILES string of the molecule is Cc1cc2c(cc1C)N(C)C(=O)CO2. The maximum absolute atomic E-state index is 11.4. The minimum absolute atomic E-state index is 0.000697. The monoisotopic (exact) mass is 191 g/mol. The molecule has 0 unspecified atom stereocenters. The van der Waals surface area contributed by atoms with Crippen LogP contribution in [0.1, 0.15) is 11.1 Å². The van der Waals surface area contributed by atoms with Crippen LogP contribution in [0.5, 0.6) is 5.75 Å². The van der Waals surface area contributed by atoms with Gasteiger partial charge in [0.25, 0.3) is 5.91 Å². The van der Waals surface area contributed by atoms with E-state index in [1.165, 1.54) is 11.1 Å². The summed E-state index contributed by atoms with van der Waals surface area (Å²) < 4.78 is 5.35. The van der Waals surface area contributed by atoms with Crippen molar-refractivity contribution in [3.05, 3.63) is 23.3 Å².